The maximum atomic E-state index is 11.3. The van der Waals surface area contributed by atoms with Crippen LogP contribution in [0.1, 0.15) is 16.1 Å². The Labute approximate surface area is 121 Å². The second kappa shape index (κ2) is 5.80. The van der Waals surface area contributed by atoms with Crippen LogP contribution in [0.3, 0.4) is 0 Å². The van der Waals surface area contributed by atoms with Crippen LogP contribution in [0.2, 0.25) is 0 Å². The quantitative estimate of drug-likeness (QED) is 0.678. The lowest BCUT2D eigenvalue weighted by Crippen LogP contribution is -2.20. The minimum Gasteiger partial charge on any atom is -0.475 e. The number of para-hydroxylation sites is 1. The van der Waals surface area contributed by atoms with Gasteiger partial charge in [0.1, 0.15) is 5.58 Å². The van der Waals surface area contributed by atoms with Crippen molar-refractivity contribution >= 4 is 16.9 Å². The third-order valence-corrected chi connectivity index (χ3v) is 3.30. The Bertz CT molecular complexity index is 747. The van der Waals surface area contributed by atoms with E-state index in [1.54, 1.807) is 18.6 Å². The van der Waals surface area contributed by atoms with Gasteiger partial charge in [-0.2, -0.15) is 0 Å². The summed E-state index contributed by atoms with van der Waals surface area (Å²) in [7, 11) is 0. The highest BCUT2D eigenvalue weighted by Crippen LogP contribution is 2.25. The lowest BCUT2D eigenvalue weighted by Gasteiger charge is -2.05. The van der Waals surface area contributed by atoms with Gasteiger partial charge in [-0.05, 0) is 6.07 Å². The maximum Gasteiger partial charge on any atom is 0.372 e. The van der Waals surface area contributed by atoms with Crippen LogP contribution in [0.4, 0.5) is 0 Å². The predicted molar refractivity (Wildman–Crippen MR) is 77.1 cm³/mol. The summed E-state index contributed by atoms with van der Waals surface area (Å²) in [5.74, 6) is -1.04. The molecular weight excluding hydrogens is 270 g/mol. The average Bonchev–Trinajstić information content (AvgIpc) is 3.11. The molecule has 3 aromatic rings. The third kappa shape index (κ3) is 2.80. The van der Waals surface area contributed by atoms with E-state index in [-0.39, 0.29) is 5.76 Å². The van der Waals surface area contributed by atoms with E-state index in [1.807, 2.05) is 29.0 Å². The second-order valence-corrected chi connectivity index (χ2v) is 4.69. The molecule has 6 heteroatoms. The van der Waals surface area contributed by atoms with Crippen LogP contribution in [0.5, 0.6) is 0 Å². The van der Waals surface area contributed by atoms with Crippen molar-refractivity contribution in [2.45, 2.75) is 13.1 Å². The summed E-state index contributed by atoms with van der Waals surface area (Å²) < 4.78 is 7.37. The highest BCUT2D eigenvalue weighted by molar-refractivity contribution is 5.95. The molecule has 0 fully saturated rings. The van der Waals surface area contributed by atoms with Gasteiger partial charge in [-0.3, -0.25) is 0 Å². The predicted octanol–water partition coefficient (Wildman–Crippen LogP) is 2.12. The van der Waals surface area contributed by atoms with Gasteiger partial charge in [-0.25, -0.2) is 9.78 Å². The largest absolute Gasteiger partial charge is 0.475 e. The van der Waals surface area contributed by atoms with Crippen LogP contribution < -0.4 is 5.32 Å². The first kappa shape index (κ1) is 13.4. The Hall–Kier alpha value is -2.60. The Morgan fingerprint density at radius 3 is 3.00 bits per heavy atom. The molecule has 0 saturated heterocycles. The molecule has 0 unspecified atom stereocenters. The molecule has 0 saturated carbocycles. The number of carboxylic acids is 1. The number of carboxylic acid groups (broad SMARTS) is 1. The highest BCUT2D eigenvalue weighted by Gasteiger charge is 2.18. The smallest absolute Gasteiger partial charge is 0.372 e. The number of hydrogen-bond donors (Lipinski definition) is 2. The fourth-order valence-electron chi connectivity index (χ4n) is 2.29. The first-order valence-corrected chi connectivity index (χ1v) is 6.66. The monoisotopic (exact) mass is 285 g/mol. The fourth-order valence-corrected chi connectivity index (χ4v) is 2.29. The molecule has 0 spiro atoms. The fraction of sp³-hybridized carbons (Fsp3) is 0.200. The number of aromatic carboxylic acids is 1. The van der Waals surface area contributed by atoms with Gasteiger partial charge < -0.3 is 19.4 Å². The number of furan rings is 1. The van der Waals surface area contributed by atoms with Crippen LogP contribution in [0, 0.1) is 0 Å². The molecule has 2 heterocycles. The van der Waals surface area contributed by atoms with Gasteiger partial charge in [0.2, 0.25) is 5.76 Å². The summed E-state index contributed by atoms with van der Waals surface area (Å²) in [6.07, 6.45) is 5.36. The first-order valence-electron chi connectivity index (χ1n) is 6.66. The van der Waals surface area contributed by atoms with Gasteiger partial charge in [0, 0.05) is 43.0 Å². The number of carbonyl (C=O) groups is 1. The van der Waals surface area contributed by atoms with E-state index < -0.39 is 5.97 Å². The molecular formula is C15H15N3O3. The SMILES string of the molecule is O=C(O)c1oc2ccccc2c1CNCCn1ccnc1. The lowest BCUT2D eigenvalue weighted by molar-refractivity contribution is 0.0663. The van der Waals surface area contributed by atoms with Gasteiger partial charge in [0.25, 0.3) is 0 Å². The highest BCUT2D eigenvalue weighted by atomic mass is 16.4. The summed E-state index contributed by atoms with van der Waals surface area (Å²) >= 11 is 0. The van der Waals surface area contributed by atoms with E-state index >= 15 is 0 Å². The molecule has 0 radical (unpaired) electrons. The second-order valence-electron chi connectivity index (χ2n) is 4.69. The molecule has 2 N–H and O–H groups in total. The zero-order valence-electron chi connectivity index (χ0n) is 11.3. The summed E-state index contributed by atoms with van der Waals surface area (Å²) in [6.45, 7) is 1.94. The van der Waals surface area contributed by atoms with E-state index in [0.29, 0.717) is 17.7 Å². The minimum atomic E-state index is -1.04. The van der Waals surface area contributed by atoms with Gasteiger partial charge in [0.15, 0.2) is 0 Å². The van der Waals surface area contributed by atoms with Crippen LogP contribution in [-0.2, 0) is 13.1 Å². The molecule has 6 nitrogen and oxygen atoms in total. The van der Waals surface area contributed by atoms with Crippen molar-refractivity contribution in [3.8, 4) is 0 Å². The van der Waals surface area contributed by atoms with E-state index in [0.717, 1.165) is 18.5 Å². The van der Waals surface area contributed by atoms with Crippen LogP contribution in [0.15, 0.2) is 47.4 Å². The average molecular weight is 285 g/mol. The number of rotatable bonds is 6. The van der Waals surface area contributed by atoms with Gasteiger partial charge >= 0.3 is 5.97 Å². The standard InChI is InChI=1S/C15H15N3O3/c19-15(20)14-12(11-3-1-2-4-13(11)21-14)9-16-5-7-18-8-6-17-10-18/h1-4,6,8,10,16H,5,7,9H2,(H,19,20). The molecule has 0 atom stereocenters. The van der Waals surface area contributed by atoms with Crippen molar-refractivity contribution in [1.29, 1.82) is 0 Å². The van der Waals surface area contributed by atoms with E-state index in [9.17, 15) is 9.90 Å². The van der Waals surface area contributed by atoms with E-state index in [2.05, 4.69) is 10.3 Å². The van der Waals surface area contributed by atoms with Crippen molar-refractivity contribution < 1.29 is 14.3 Å². The zero-order chi connectivity index (χ0) is 14.7. The summed E-state index contributed by atoms with van der Waals surface area (Å²) in [6, 6.07) is 7.35. The van der Waals surface area contributed by atoms with Crippen LogP contribution in [0.25, 0.3) is 11.0 Å². The molecule has 3 rings (SSSR count). The number of nitrogens with one attached hydrogen (secondary N) is 1. The number of hydrogen-bond acceptors (Lipinski definition) is 4. The topological polar surface area (TPSA) is 80.3 Å². The number of nitrogens with zero attached hydrogens (tertiary/aromatic N) is 2. The van der Waals surface area contributed by atoms with Gasteiger partial charge in [-0.1, -0.05) is 18.2 Å². The number of imidazole rings is 1. The van der Waals surface area contributed by atoms with Crippen molar-refractivity contribution in [3.05, 3.63) is 54.3 Å². The van der Waals surface area contributed by atoms with Gasteiger partial charge in [0.05, 0.1) is 6.33 Å². The van der Waals surface area contributed by atoms with Crippen LogP contribution in [-0.4, -0.2) is 27.2 Å². The minimum absolute atomic E-state index is 0.00586. The number of fused-ring (bicyclic) bond motifs is 1. The Morgan fingerprint density at radius 1 is 1.38 bits per heavy atom. The summed E-state index contributed by atoms with van der Waals surface area (Å²) in [4.78, 5) is 15.2. The maximum absolute atomic E-state index is 11.3. The van der Waals surface area contributed by atoms with Crippen molar-refractivity contribution in [2.24, 2.45) is 0 Å². The van der Waals surface area contributed by atoms with Crippen molar-refractivity contribution in [3.63, 3.8) is 0 Å². The molecule has 0 bridgehead atoms. The third-order valence-electron chi connectivity index (χ3n) is 3.30. The molecule has 0 aliphatic heterocycles. The van der Waals surface area contributed by atoms with E-state index in [1.165, 1.54) is 0 Å². The molecule has 0 amide bonds. The summed E-state index contributed by atoms with van der Waals surface area (Å²) in [5.41, 5.74) is 1.28. The molecule has 108 valence electrons. The van der Waals surface area contributed by atoms with Crippen molar-refractivity contribution in [1.82, 2.24) is 14.9 Å². The molecule has 2 aromatic heterocycles. The lowest BCUT2D eigenvalue weighted by atomic mass is 10.1. The van der Waals surface area contributed by atoms with Crippen LogP contribution >= 0.6 is 0 Å². The Morgan fingerprint density at radius 2 is 2.24 bits per heavy atom. The summed E-state index contributed by atoms with van der Waals surface area (Å²) in [5, 5.41) is 13.3. The Balaban J connectivity index is 1.73. The Kier molecular flexibility index (Phi) is 3.70. The molecule has 1 aromatic carbocycles. The zero-order valence-corrected chi connectivity index (χ0v) is 11.3. The number of aromatic nitrogens is 2. The molecule has 21 heavy (non-hydrogen) atoms. The molecule has 0 aliphatic carbocycles. The normalized spacial score (nSPS) is 11.0. The first-order chi connectivity index (χ1) is 10.3. The van der Waals surface area contributed by atoms with E-state index in [4.69, 9.17) is 4.42 Å². The number of benzene rings is 1. The molecule has 0 aliphatic rings. The van der Waals surface area contributed by atoms with Crippen molar-refractivity contribution in [2.75, 3.05) is 6.54 Å². The van der Waals surface area contributed by atoms with Gasteiger partial charge in [-0.15, -0.1) is 0 Å².